The summed E-state index contributed by atoms with van der Waals surface area (Å²) in [4.78, 5) is 34.8. The minimum atomic E-state index is -1.15. The standard InChI is InChI=1S/C15H20N2O5/c1-4-21-15(20)13(17-9(2)18)14(22-10(3)19)11-6-5-7-12(16)8-11/h5-8,13-14H,4,16H2,1-3H3,(H,17,18)/t13-,14+/m1/s1. The summed E-state index contributed by atoms with van der Waals surface area (Å²) >= 11 is 0. The lowest BCUT2D eigenvalue weighted by atomic mass is 10.0. The van der Waals surface area contributed by atoms with E-state index in [1.54, 1.807) is 31.2 Å². The lowest BCUT2D eigenvalue weighted by Crippen LogP contribution is -2.46. The number of nitrogens with one attached hydrogen (secondary N) is 1. The molecule has 0 saturated heterocycles. The van der Waals surface area contributed by atoms with Crippen LogP contribution in [0.3, 0.4) is 0 Å². The molecule has 7 heteroatoms. The molecule has 0 bridgehead atoms. The normalized spacial score (nSPS) is 12.9. The highest BCUT2D eigenvalue weighted by Crippen LogP contribution is 2.24. The number of nitrogen functional groups attached to an aromatic ring is 1. The summed E-state index contributed by atoms with van der Waals surface area (Å²) in [7, 11) is 0. The molecule has 1 aromatic rings. The molecule has 22 heavy (non-hydrogen) atoms. The van der Waals surface area contributed by atoms with Crippen molar-refractivity contribution in [3.63, 3.8) is 0 Å². The number of esters is 2. The Morgan fingerprint density at radius 3 is 2.45 bits per heavy atom. The fourth-order valence-electron chi connectivity index (χ4n) is 1.95. The summed E-state index contributed by atoms with van der Waals surface area (Å²) in [6.07, 6.45) is -1.02. The van der Waals surface area contributed by atoms with E-state index < -0.39 is 30.0 Å². The highest BCUT2D eigenvalue weighted by Gasteiger charge is 2.34. The van der Waals surface area contributed by atoms with Crippen molar-refractivity contribution >= 4 is 23.5 Å². The molecule has 3 N–H and O–H groups in total. The summed E-state index contributed by atoms with van der Waals surface area (Å²) < 4.78 is 10.2. The molecule has 1 rings (SSSR count). The van der Waals surface area contributed by atoms with Crippen molar-refractivity contribution in [2.45, 2.75) is 32.9 Å². The van der Waals surface area contributed by atoms with Crippen LogP contribution in [0, 0.1) is 0 Å². The van der Waals surface area contributed by atoms with Crippen LogP contribution in [-0.2, 0) is 23.9 Å². The molecule has 0 saturated carbocycles. The van der Waals surface area contributed by atoms with Crippen molar-refractivity contribution < 1.29 is 23.9 Å². The maximum absolute atomic E-state index is 12.1. The van der Waals surface area contributed by atoms with E-state index in [4.69, 9.17) is 15.2 Å². The van der Waals surface area contributed by atoms with Gasteiger partial charge in [-0.05, 0) is 24.6 Å². The number of anilines is 1. The molecule has 0 aliphatic rings. The Balaban J connectivity index is 3.21. The van der Waals surface area contributed by atoms with Crippen LogP contribution in [0.15, 0.2) is 24.3 Å². The Kier molecular flexibility index (Phi) is 6.37. The second kappa shape index (κ2) is 8.02. The third-order valence-electron chi connectivity index (χ3n) is 2.73. The van der Waals surface area contributed by atoms with E-state index in [2.05, 4.69) is 5.32 Å². The first-order chi connectivity index (χ1) is 10.3. The van der Waals surface area contributed by atoms with Crippen molar-refractivity contribution in [3.8, 4) is 0 Å². The molecule has 0 aliphatic heterocycles. The van der Waals surface area contributed by atoms with Gasteiger partial charge in [0.2, 0.25) is 5.91 Å². The fraction of sp³-hybridized carbons (Fsp3) is 0.400. The lowest BCUT2D eigenvalue weighted by Gasteiger charge is -2.26. The van der Waals surface area contributed by atoms with Gasteiger partial charge in [0.1, 0.15) is 0 Å². The van der Waals surface area contributed by atoms with Gasteiger partial charge in [-0.3, -0.25) is 9.59 Å². The van der Waals surface area contributed by atoms with Gasteiger partial charge in [0.05, 0.1) is 6.61 Å². The number of hydrogen-bond acceptors (Lipinski definition) is 6. The highest BCUT2D eigenvalue weighted by atomic mass is 16.6. The second-order valence-corrected chi connectivity index (χ2v) is 4.63. The Hall–Kier alpha value is -2.57. The summed E-state index contributed by atoms with van der Waals surface area (Å²) in [5.41, 5.74) is 6.65. The first-order valence-electron chi connectivity index (χ1n) is 6.81. The highest BCUT2D eigenvalue weighted by molar-refractivity contribution is 5.84. The number of hydrogen-bond donors (Lipinski definition) is 2. The van der Waals surface area contributed by atoms with Gasteiger partial charge >= 0.3 is 11.9 Å². The molecule has 7 nitrogen and oxygen atoms in total. The van der Waals surface area contributed by atoms with Crippen LogP contribution in [0.5, 0.6) is 0 Å². The number of carbonyl (C=O) groups is 3. The van der Waals surface area contributed by atoms with Crippen molar-refractivity contribution in [2.24, 2.45) is 0 Å². The molecular weight excluding hydrogens is 288 g/mol. The van der Waals surface area contributed by atoms with E-state index in [0.717, 1.165) is 0 Å². The molecule has 0 unspecified atom stereocenters. The fourth-order valence-corrected chi connectivity index (χ4v) is 1.95. The monoisotopic (exact) mass is 308 g/mol. The molecule has 0 spiro atoms. The topological polar surface area (TPSA) is 108 Å². The molecule has 1 amide bonds. The van der Waals surface area contributed by atoms with Crippen LogP contribution in [0.25, 0.3) is 0 Å². The zero-order chi connectivity index (χ0) is 16.7. The third-order valence-corrected chi connectivity index (χ3v) is 2.73. The van der Waals surface area contributed by atoms with E-state index in [1.807, 2.05) is 0 Å². The predicted molar refractivity (Wildman–Crippen MR) is 79.6 cm³/mol. The average molecular weight is 308 g/mol. The molecular formula is C15H20N2O5. The first kappa shape index (κ1) is 17.5. The number of rotatable bonds is 6. The summed E-state index contributed by atoms with van der Waals surface area (Å²) in [5, 5.41) is 2.46. The van der Waals surface area contributed by atoms with Gasteiger partial charge < -0.3 is 20.5 Å². The van der Waals surface area contributed by atoms with Gasteiger partial charge in [-0.2, -0.15) is 0 Å². The maximum atomic E-state index is 12.1. The van der Waals surface area contributed by atoms with Crippen LogP contribution in [0.4, 0.5) is 5.69 Å². The summed E-state index contributed by atoms with van der Waals surface area (Å²) in [6.45, 7) is 4.26. The van der Waals surface area contributed by atoms with Gasteiger partial charge in [-0.25, -0.2) is 4.79 Å². The van der Waals surface area contributed by atoms with Gasteiger partial charge in [-0.1, -0.05) is 12.1 Å². The number of amides is 1. The minimum Gasteiger partial charge on any atom is -0.464 e. The van der Waals surface area contributed by atoms with Gasteiger partial charge in [0.15, 0.2) is 12.1 Å². The van der Waals surface area contributed by atoms with Crippen molar-refractivity contribution in [3.05, 3.63) is 29.8 Å². The van der Waals surface area contributed by atoms with Crippen molar-refractivity contribution in [1.29, 1.82) is 0 Å². The summed E-state index contributed by atoms with van der Waals surface area (Å²) in [6, 6.07) is 5.39. The molecule has 0 radical (unpaired) electrons. The van der Waals surface area contributed by atoms with E-state index in [1.165, 1.54) is 13.8 Å². The molecule has 0 heterocycles. The lowest BCUT2D eigenvalue weighted by molar-refractivity contribution is -0.159. The van der Waals surface area contributed by atoms with Crippen LogP contribution in [0.1, 0.15) is 32.4 Å². The average Bonchev–Trinajstić information content (AvgIpc) is 2.42. The zero-order valence-corrected chi connectivity index (χ0v) is 12.8. The van der Waals surface area contributed by atoms with Crippen molar-refractivity contribution in [2.75, 3.05) is 12.3 Å². The largest absolute Gasteiger partial charge is 0.464 e. The van der Waals surface area contributed by atoms with E-state index in [9.17, 15) is 14.4 Å². The maximum Gasteiger partial charge on any atom is 0.332 e. The molecule has 1 aromatic carbocycles. The zero-order valence-electron chi connectivity index (χ0n) is 12.8. The van der Waals surface area contributed by atoms with Crippen LogP contribution in [0.2, 0.25) is 0 Å². The Morgan fingerprint density at radius 2 is 1.95 bits per heavy atom. The smallest absolute Gasteiger partial charge is 0.332 e. The Morgan fingerprint density at radius 1 is 1.27 bits per heavy atom. The predicted octanol–water partition coefficient (Wildman–Crippen LogP) is 0.941. The molecule has 120 valence electrons. The Bertz CT molecular complexity index is 559. The molecule has 0 fully saturated rings. The van der Waals surface area contributed by atoms with E-state index in [0.29, 0.717) is 11.3 Å². The van der Waals surface area contributed by atoms with E-state index in [-0.39, 0.29) is 6.61 Å². The van der Waals surface area contributed by atoms with Gasteiger partial charge in [0.25, 0.3) is 0 Å². The third kappa shape index (κ3) is 5.08. The van der Waals surface area contributed by atoms with Crippen LogP contribution in [-0.4, -0.2) is 30.5 Å². The quantitative estimate of drug-likeness (QED) is 0.598. The van der Waals surface area contributed by atoms with Crippen LogP contribution < -0.4 is 11.1 Å². The SMILES string of the molecule is CCOC(=O)[C@H](NC(C)=O)[C@@H](OC(C)=O)c1cccc(N)c1. The molecule has 2 atom stereocenters. The molecule has 0 aromatic heterocycles. The number of ether oxygens (including phenoxy) is 2. The van der Waals surface area contributed by atoms with E-state index >= 15 is 0 Å². The second-order valence-electron chi connectivity index (χ2n) is 4.63. The Labute approximate surface area is 128 Å². The van der Waals surface area contributed by atoms with Gasteiger partial charge in [-0.15, -0.1) is 0 Å². The minimum absolute atomic E-state index is 0.138. The molecule has 0 aliphatic carbocycles. The first-order valence-corrected chi connectivity index (χ1v) is 6.81. The van der Waals surface area contributed by atoms with Crippen LogP contribution >= 0.6 is 0 Å². The van der Waals surface area contributed by atoms with Gasteiger partial charge in [0, 0.05) is 19.5 Å². The summed E-state index contributed by atoms with van der Waals surface area (Å²) in [5.74, 6) is -1.72. The number of nitrogens with two attached hydrogens (primary N) is 1. The number of carbonyl (C=O) groups excluding carboxylic acids is 3. The number of benzene rings is 1. The van der Waals surface area contributed by atoms with Crippen molar-refractivity contribution in [1.82, 2.24) is 5.32 Å².